The fourth-order valence-corrected chi connectivity index (χ4v) is 3.75. The SMILES string of the molecule is CCc1cc(C(=O)OC)c(NC(=S)Nc2cc(OC)c(OC)cc2C(=O)OC)s1. The Labute approximate surface area is 178 Å². The average Bonchev–Trinajstić information content (AvgIpc) is 3.14. The van der Waals surface area contributed by atoms with E-state index in [1.54, 1.807) is 12.1 Å². The number of ether oxygens (including phenoxy) is 4. The molecular weight excluding hydrogens is 416 g/mol. The zero-order chi connectivity index (χ0) is 21.6. The molecule has 1 aromatic heterocycles. The molecule has 8 nitrogen and oxygen atoms in total. The molecule has 1 heterocycles. The topological polar surface area (TPSA) is 95.1 Å². The van der Waals surface area contributed by atoms with Crippen LogP contribution in [-0.4, -0.2) is 45.5 Å². The monoisotopic (exact) mass is 438 g/mol. The van der Waals surface area contributed by atoms with E-state index in [0.29, 0.717) is 27.8 Å². The number of nitrogens with one attached hydrogen (secondary N) is 2. The van der Waals surface area contributed by atoms with E-state index in [1.165, 1.54) is 45.8 Å². The molecule has 0 unspecified atom stereocenters. The minimum atomic E-state index is -0.573. The van der Waals surface area contributed by atoms with E-state index in [2.05, 4.69) is 10.6 Å². The number of hydrogen-bond donors (Lipinski definition) is 2. The van der Waals surface area contributed by atoms with Crippen LogP contribution < -0.4 is 20.1 Å². The second-order valence-electron chi connectivity index (χ2n) is 5.62. The number of methoxy groups -OCH3 is 4. The fraction of sp³-hybridized carbons (Fsp3) is 0.316. The van der Waals surface area contributed by atoms with Gasteiger partial charge in [-0.2, -0.15) is 0 Å². The zero-order valence-corrected chi connectivity index (χ0v) is 18.3. The summed E-state index contributed by atoms with van der Waals surface area (Å²) >= 11 is 6.77. The predicted octanol–water partition coefficient (Wildman–Crippen LogP) is 3.71. The molecule has 156 valence electrons. The van der Waals surface area contributed by atoms with Crippen LogP contribution in [0.5, 0.6) is 11.5 Å². The maximum absolute atomic E-state index is 12.2. The normalized spacial score (nSPS) is 10.1. The van der Waals surface area contributed by atoms with Crippen LogP contribution in [0.4, 0.5) is 10.7 Å². The first kappa shape index (κ1) is 22.4. The highest BCUT2D eigenvalue weighted by Crippen LogP contribution is 2.34. The molecule has 0 radical (unpaired) electrons. The van der Waals surface area contributed by atoms with Crippen LogP contribution in [0, 0.1) is 0 Å². The third-order valence-corrected chi connectivity index (χ3v) is 5.34. The molecule has 2 aromatic rings. The van der Waals surface area contributed by atoms with E-state index in [4.69, 9.17) is 31.2 Å². The molecule has 10 heteroatoms. The molecule has 0 saturated heterocycles. The van der Waals surface area contributed by atoms with Gasteiger partial charge in [0.2, 0.25) is 0 Å². The maximum Gasteiger partial charge on any atom is 0.340 e. The molecule has 0 fully saturated rings. The van der Waals surface area contributed by atoms with Gasteiger partial charge in [-0.15, -0.1) is 11.3 Å². The van der Waals surface area contributed by atoms with Crippen molar-refractivity contribution in [3.05, 3.63) is 34.2 Å². The van der Waals surface area contributed by atoms with Crippen LogP contribution in [0.3, 0.4) is 0 Å². The number of thiophene rings is 1. The Morgan fingerprint density at radius 3 is 2.07 bits per heavy atom. The Balaban J connectivity index is 2.34. The molecule has 0 aliphatic heterocycles. The Bertz CT molecular complexity index is 926. The van der Waals surface area contributed by atoms with E-state index < -0.39 is 11.9 Å². The summed E-state index contributed by atoms with van der Waals surface area (Å²) in [4.78, 5) is 25.2. The predicted molar refractivity (Wildman–Crippen MR) is 116 cm³/mol. The second-order valence-corrected chi connectivity index (χ2v) is 7.17. The van der Waals surface area contributed by atoms with E-state index in [9.17, 15) is 9.59 Å². The van der Waals surface area contributed by atoms with Gasteiger partial charge in [0.05, 0.1) is 45.3 Å². The number of thiocarbonyl (C=S) groups is 1. The molecule has 0 aliphatic rings. The lowest BCUT2D eigenvalue weighted by atomic mass is 10.1. The maximum atomic E-state index is 12.2. The van der Waals surface area contributed by atoms with E-state index >= 15 is 0 Å². The Hall–Kier alpha value is -2.85. The minimum Gasteiger partial charge on any atom is -0.493 e. The largest absolute Gasteiger partial charge is 0.493 e. The van der Waals surface area contributed by atoms with Crippen LogP contribution in [-0.2, 0) is 15.9 Å². The van der Waals surface area contributed by atoms with Crippen molar-refractivity contribution in [3.63, 3.8) is 0 Å². The number of carbonyl (C=O) groups excluding carboxylic acids is 2. The summed E-state index contributed by atoms with van der Waals surface area (Å²) in [6, 6.07) is 4.83. The van der Waals surface area contributed by atoms with Gasteiger partial charge in [0.1, 0.15) is 5.00 Å². The number of anilines is 2. The highest BCUT2D eigenvalue weighted by atomic mass is 32.1. The average molecular weight is 439 g/mol. The summed E-state index contributed by atoms with van der Waals surface area (Å²) in [6.07, 6.45) is 0.763. The van der Waals surface area contributed by atoms with E-state index in [1.807, 2.05) is 6.92 Å². The van der Waals surface area contributed by atoms with Gasteiger partial charge in [-0.1, -0.05) is 6.92 Å². The number of esters is 2. The number of carbonyl (C=O) groups is 2. The van der Waals surface area contributed by atoms with Gasteiger partial charge >= 0.3 is 11.9 Å². The number of aryl methyl sites for hydroxylation is 1. The van der Waals surface area contributed by atoms with Crippen molar-refractivity contribution in [3.8, 4) is 11.5 Å². The third kappa shape index (κ3) is 5.15. The molecule has 0 aliphatic carbocycles. The number of benzene rings is 1. The van der Waals surface area contributed by atoms with Crippen molar-refractivity contribution in [1.29, 1.82) is 0 Å². The van der Waals surface area contributed by atoms with Gasteiger partial charge in [-0.25, -0.2) is 9.59 Å². The first-order valence-corrected chi connectivity index (χ1v) is 9.74. The number of hydrogen-bond acceptors (Lipinski definition) is 8. The van der Waals surface area contributed by atoms with Crippen molar-refractivity contribution in [1.82, 2.24) is 0 Å². The summed E-state index contributed by atoms with van der Waals surface area (Å²) < 4.78 is 20.2. The van der Waals surface area contributed by atoms with Gasteiger partial charge < -0.3 is 29.6 Å². The van der Waals surface area contributed by atoms with Gasteiger partial charge in [0.25, 0.3) is 0 Å². The number of rotatable bonds is 7. The standard InChI is InChI=1S/C19H22N2O6S2/c1-6-10-7-12(18(23)27-5)16(29-10)21-19(28)20-13-9-15(25-3)14(24-2)8-11(13)17(22)26-4/h7-9H,6H2,1-5H3,(H2,20,21,28). The van der Waals surface area contributed by atoms with E-state index in [-0.39, 0.29) is 10.7 Å². The molecule has 0 atom stereocenters. The molecular formula is C19H22N2O6S2. The summed E-state index contributed by atoms with van der Waals surface area (Å²) in [5.74, 6) is -0.259. The Morgan fingerprint density at radius 2 is 1.52 bits per heavy atom. The summed E-state index contributed by atoms with van der Waals surface area (Å²) in [7, 11) is 5.55. The van der Waals surface area contributed by atoms with Crippen molar-refractivity contribution in [2.45, 2.75) is 13.3 Å². The molecule has 0 spiro atoms. The van der Waals surface area contributed by atoms with Gasteiger partial charge in [-0.05, 0) is 24.7 Å². The fourth-order valence-electron chi connectivity index (χ4n) is 2.49. The summed E-state index contributed by atoms with van der Waals surface area (Å²) in [6.45, 7) is 1.99. The Kier molecular flexibility index (Phi) is 7.80. The molecule has 0 saturated carbocycles. The van der Waals surface area contributed by atoms with Crippen LogP contribution in [0.2, 0.25) is 0 Å². The van der Waals surface area contributed by atoms with Gasteiger partial charge in [0.15, 0.2) is 16.6 Å². The first-order chi connectivity index (χ1) is 13.9. The molecule has 0 amide bonds. The Morgan fingerprint density at radius 1 is 0.931 bits per heavy atom. The van der Waals surface area contributed by atoms with Crippen LogP contribution in [0.25, 0.3) is 0 Å². The van der Waals surface area contributed by atoms with Crippen molar-refractivity contribution in [2.24, 2.45) is 0 Å². The zero-order valence-electron chi connectivity index (χ0n) is 16.7. The van der Waals surface area contributed by atoms with Crippen LogP contribution >= 0.6 is 23.6 Å². The lowest BCUT2D eigenvalue weighted by Crippen LogP contribution is -2.21. The van der Waals surface area contributed by atoms with E-state index in [0.717, 1.165) is 11.3 Å². The summed E-state index contributed by atoms with van der Waals surface area (Å²) in [5.41, 5.74) is 0.959. The van der Waals surface area contributed by atoms with Gasteiger partial charge in [0, 0.05) is 17.0 Å². The van der Waals surface area contributed by atoms with Crippen molar-refractivity contribution < 1.29 is 28.5 Å². The van der Waals surface area contributed by atoms with Crippen molar-refractivity contribution in [2.75, 3.05) is 39.1 Å². The first-order valence-electron chi connectivity index (χ1n) is 8.51. The van der Waals surface area contributed by atoms with Crippen LogP contribution in [0.15, 0.2) is 18.2 Å². The van der Waals surface area contributed by atoms with Gasteiger partial charge in [-0.3, -0.25) is 0 Å². The van der Waals surface area contributed by atoms with Crippen molar-refractivity contribution >= 4 is 51.3 Å². The minimum absolute atomic E-state index is 0.178. The second kappa shape index (κ2) is 10.1. The lowest BCUT2D eigenvalue weighted by molar-refractivity contribution is 0.0593. The lowest BCUT2D eigenvalue weighted by Gasteiger charge is -2.16. The quantitative estimate of drug-likeness (QED) is 0.495. The van der Waals surface area contributed by atoms with Crippen LogP contribution in [0.1, 0.15) is 32.5 Å². The summed E-state index contributed by atoms with van der Waals surface area (Å²) in [5, 5.41) is 6.67. The molecule has 0 bridgehead atoms. The smallest absolute Gasteiger partial charge is 0.340 e. The molecule has 2 rings (SSSR count). The molecule has 1 aromatic carbocycles. The molecule has 29 heavy (non-hydrogen) atoms. The molecule has 2 N–H and O–H groups in total. The highest BCUT2D eigenvalue weighted by Gasteiger charge is 2.20. The highest BCUT2D eigenvalue weighted by molar-refractivity contribution is 7.80. The third-order valence-electron chi connectivity index (χ3n) is 3.94.